The van der Waals surface area contributed by atoms with Gasteiger partial charge in [-0.15, -0.1) is 11.3 Å². The first kappa shape index (κ1) is 26.3. The van der Waals surface area contributed by atoms with E-state index in [0.717, 1.165) is 6.07 Å². The summed E-state index contributed by atoms with van der Waals surface area (Å²) in [6.45, 7) is -1.01. The SMILES string of the molecule is CN(CC(=O)O)CC1CN(CC2=C(C=O)[C@H](c3ccc(F)cc3Cl)N=C(c3nccs3)N2)CC1(F)F. The lowest BCUT2D eigenvalue weighted by Crippen LogP contribution is -2.38. The number of aliphatic carboxylic acids is 1. The van der Waals surface area contributed by atoms with Gasteiger partial charge in [-0.05, 0) is 19.2 Å². The van der Waals surface area contributed by atoms with E-state index in [1.165, 1.54) is 40.3 Å². The van der Waals surface area contributed by atoms with Crippen molar-refractivity contribution in [3.05, 3.63) is 62.5 Å². The first-order valence-electron chi connectivity index (χ1n) is 11.0. The second-order valence-electron chi connectivity index (χ2n) is 8.78. The number of rotatable bonds is 9. The van der Waals surface area contributed by atoms with E-state index in [-0.39, 0.29) is 36.8 Å². The third-order valence-corrected chi connectivity index (χ3v) is 7.13. The summed E-state index contributed by atoms with van der Waals surface area (Å²) in [6, 6.07) is 2.89. The molecular formula is C23H23ClF3N5O3S. The van der Waals surface area contributed by atoms with Gasteiger partial charge < -0.3 is 10.4 Å². The molecule has 2 aliphatic rings. The molecule has 2 atom stereocenters. The van der Waals surface area contributed by atoms with Crippen LogP contribution in [0.25, 0.3) is 0 Å². The molecular weight excluding hydrogens is 519 g/mol. The topological polar surface area (TPSA) is 98.1 Å². The number of likely N-dealkylation sites (N-methyl/N-ethyl adjacent to an activating group) is 1. The maximum absolute atomic E-state index is 14.8. The molecule has 1 fully saturated rings. The number of aliphatic imine (C=N–C) groups is 1. The van der Waals surface area contributed by atoms with Crippen molar-refractivity contribution in [2.75, 3.05) is 39.8 Å². The number of hydrogen-bond donors (Lipinski definition) is 2. The summed E-state index contributed by atoms with van der Waals surface area (Å²) in [7, 11) is 1.48. The number of aldehydes is 1. The molecule has 4 rings (SSSR count). The van der Waals surface area contributed by atoms with Crippen LogP contribution in [0.5, 0.6) is 0 Å². The fourth-order valence-electron chi connectivity index (χ4n) is 4.43. The Morgan fingerprint density at radius 2 is 2.22 bits per heavy atom. The number of nitrogens with zero attached hydrogens (tertiary/aromatic N) is 4. The standard InChI is InChI=1S/C23H23ClF3N5O3S/c1-31(10-19(34)35)7-13-8-32(12-23(13,26)27)9-18-16(11-33)20(15-3-2-14(25)6-17(15)24)30-21(29-18)22-28-4-5-36-22/h2-6,11,13,20H,7-10,12H2,1H3,(H,29,30)(H,34,35)/t13?,20-/m0/s1. The van der Waals surface area contributed by atoms with Gasteiger partial charge in [0.1, 0.15) is 18.1 Å². The second-order valence-corrected chi connectivity index (χ2v) is 10.1. The fourth-order valence-corrected chi connectivity index (χ4v) is 5.29. The van der Waals surface area contributed by atoms with Gasteiger partial charge in [-0.2, -0.15) is 0 Å². The lowest BCUT2D eigenvalue weighted by Gasteiger charge is -2.28. The Hall–Kier alpha value is -2.80. The average Bonchev–Trinajstić information content (AvgIpc) is 3.41. The van der Waals surface area contributed by atoms with E-state index in [1.54, 1.807) is 11.6 Å². The molecule has 3 heterocycles. The van der Waals surface area contributed by atoms with Gasteiger partial charge in [-0.25, -0.2) is 18.2 Å². The maximum atomic E-state index is 14.8. The lowest BCUT2D eigenvalue weighted by atomic mass is 9.96. The summed E-state index contributed by atoms with van der Waals surface area (Å²) in [5.74, 6) is -5.42. The Bertz CT molecular complexity index is 1210. The third-order valence-electron chi connectivity index (χ3n) is 6.02. The molecule has 192 valence electrons. The van der Waals surface area contributed by atoms with Gasteiger partial charge in [-0.3, -0.25) is 24.4 Å². The predicted molar refractivity (Wildman–Crippen MR) is 129 cm³/mol. The van der Waals surface area contributed by atoms with Crippen LogP contribution < -0.4 is 5.32 Å². The van der Waals surface area contributed by atoms with E-state index in [2.05, 4.69) is 15.3 Å². The predicted octanol–water partition coefficient (Wildman–Crippen LogP) is 3.06. The molecule has 1 saturated heterocycles. The number of hydrogen-bond acceptors (Lipinski definition) is 8. The van der Waals surface area contributed by atoms with Gasteiger partial charge in [0, 0.05) is 59.0 Å². The molecule has 0 radical (unpaired) electrons. The van der Waals surface area contributed by atoms with E-state index in [4.69, 9.17) is 16.7 Å². The molecule has 0 spiro atoms. The van der Waals surface area contributed by atoms with E-state index in [1.807, 2.05) is 0 Å². The van der Waals surface area contributed by atoms with Crippen LogP contribution in [0.3, 0.4) is 0 Å². The van der Waals surface area contributed by atoms with Gasteiger partial charge in [0.15, 0.2) is 10.8 Å². The van der Waals surface area contributed by atoms with Crippen molar-refractivity contribution in [3.63, 3.8) is 0 Å². The maximum Gasteiger partial charge on any atom is 0.317 e. The van der Waals surface area contributed by atoms with Crippen LogP contribution in [-0.4, -0.2) is 83.7 Å². The normalized spacial score (nSPS) is 22.0. The summed E-state index contributed by atoms with van der Waals surface area (Å²) < 4.78 is 43.3. The minimum absolute atomic E-state index is 0.0000244. The number of carboxylic acid groups (broad SMARTS) is 1. The van der Waals surface area contributed by atoms with Gasteiger partial charge in [0.05, 0.1) is 13.1 Å². The highest BCUT2D eigenvalue weighted by Crippen LogP contribution is 2.37. The zero-order valence-electron chi connectivity index (χ0n) is 19.1. The Morgan fingerprint density at radius 1 is 1.44 bits per heavy atom. The van der Waals surface area contributed by atoms with E-state index in [0.29, 0.717) is 28.4 Å². The van der Waals surface area contributed by atoms with Crippen LogP contribution in [-0.2, 0) is 9.59 Å². The van der Waals surface area contributed by atoms with Crippen molar-refractivity contribution in [2.24, 2.45) is 10.9 Å². The van der Waals surface area contributed by atoms with E-state index < -0.39 is 36.2 Å². The van der Waals surface area contributed by atoms with Crippen molar-refractivity contribution < 1.29 is 27.9 Å². The van der Waals surface area contributed by atoms with Gasteiger partial charge in [0.2, 0.25) is 0 Å². The number of likely N-dealkylation sites (tertiary alicyclic amines) is 1. The minimum Gasteiger partial charge on any atom is -0.480 e. The quantitative estimate of drug-likeness (QED) is 0.471. The average molecular weight is 542 g/mol. The number of benzene rings is 1. The molecule has 2 aromatic rings. The molecule has 0 amide bonds. The highest BCUT2D eigenvalue weighted by atomic mass is 35.5. The summed E-state index contributed by atoms with van der Waals surface area (Å²) in [4.78, 5) is 34.8. The molecule has 0 saturated carbocycles. The number of nitrogens with one attached hydrogen (secondary N) is 1. The molecule has 1 unspecified atom stereocenters. The second kappa shape index (κ2) is 10.7. The number of carbonyl (C=O) groups is 2. The Kier molecular flexibility index (Phi) is 7.79. The molecule has 8 nitrogen and oxygen atoms in total. The molecule has 2 N–H and O–H groups in total. The Labute approximate surface area is 214 Å². The number of halogens is 4. The molecule has 0 bridgehead atoms. The summed E-state index contributed by atoms with van der Waals surface area (Å²) >= 11 is 7.58. The zero-order chi connectivity index (χ0) is 26.0. The number of thiazole rings is 1. The highest BCUT2D eigenvalue weighted by Gasteiger charge is 2.48. The van der Waals surface area contributed by atoms with Crippen LogP contribution >= 0.6 is 22.9 Å². The molecule has 2 aliphatic heterocycles. The van der Waals surface area contributed by atoms with Crippen molar-refractivity contribution in [2.45, 2.75) is 12.0 Å². The Balaban J connectivity index is 1.63. The molecule has 1 aromatic heterocycles. The minimum atomic E-state index is -3.05. The van der Waals surface area contributed by atoms with Crippen molar-refractivity contribution in [3.8, 4) is 0 Å². The van der Waals surface area contributed by atoms with Crippen LogP contribution in [0.1, 0.15) is 16.6 Å². The van der Waals surface area contributed by atoms with Gasteiger partial charge >= 0.3 is 5.97 Å². The number of alkyl halides is 2. The Morgan fingerprint density at radius 3 is 2.86 bits per heavy atom. The molecule has 13 heteroatoms. The van der Waals surface area contributed by atoms with Crippen LogP contribution in [0.2, 0.25) is 5.02 Å². The first-order chi connectivity index (χ1) is 17.1. The molecule has 1 aromatic carbocycles. The number of carbonyl (C=O) groups excluding carboxylic acids is 1. The summed E-state index contributed by atoms with van der Waals surface area (Å²) in [5.41, 5.74) is 0.956. The summed E-state index contributed by atoms with van der Waals surface area (Å²) in [5, 5.41) is 14.4. The fraction of sp³-hybridized carbons (Fsp3) is 0.391. The largest absolute Gasteiger partial charge is 0.480 e. The van der Waals surface area contributed by atoms with Crippen molar-refractivity contribution >= 4 is 41.0 Å². The monoisotopic (exact) mass is 541 g/mol. The summed E-state index contributed by atoms with van der Waals surface area (Å²) in [6.07, 6.45) is 2.18. The number of aromatic nitrogens is 1. The van der Waals surface area contributed by atoms with Gasteiger partial charge in [0.25, 0.3) is 5.92 Å². The number of carboxylic acids is 1. The lowest BCUT2D eigenvalue weighted by molar-refractivity contribution is -0.138. The smallest absolute Gasteiger partial charge is 0.317 e. The molecule has 36 heavy (non-hydrogen) atoms. The first-order valence-corrected chi connectivity index (χ1v) is 12.2. The van der Waals surface area contributed by atoms with E-state index >= 15 is 0 Å². The van der Waals surface area contributed by atoms with Crippen LogP contribution in [0.15, 0.2) is 46.0 Å². The van der Waals surface area contributed by atoms with Crippen LogP contribution in [0.4, 0.5) is 13.2 Å². The van der Waals surface area contributed by atoms with Crippen molar-refractivity contribution in [1.82, 2.24) is 20.1 Å². The van der Waals surface area contributed by atoms with Gasteiger partial charge in [-0.1, -0.05) is 17.7 Å². The highest BCUT2D eigenvalue weighted by molar-refractivity contribution is 7.11. The molecule has 0 aliphatic carbocycles. The van der Waals surface area contributed by atoms with Crippen LogP contribution in [0, 0.1) is 11.7 Å². The van der Waals surface area contributed by atoms with Crippen molar-refractivity contribution in [1.29, 1.82) is 0 Å². The third kappa shape index (κ3) is 5.77. The number of amidine groups is 1. The van der Waals surface area contributed by atoms with E-state index in [9.17, 15) is 22.8 Å². The zero-order valence-corrected chi connectivity index (χ0v) is 20.7.